The first-order valence-corrected chi connectivity index (χ1v) is 19.2. The Morgan fingerprint density at radius 3 is 1.50 bits per heavy atom. The van der Waals surface area contributed by atoms with E-state index in [4.69, 9.17) is 28.4 Å². The zero-order chi connectivity index (χ0) is 34.9. The van der Waals surface area contributed by atoms with E-state index in [1.807, 2.05) is 20.8 Å². The molecule has 272 valence electrons. The number of urea groups is 2. The summed E-state index contributed by atoms with van der Waals surface area (Å²) in [6.07, 6.45) is 0.174. The highest BCUT2D eigenvalue weighted by molar-refractivity contribution is 8.00. The van der Waals surface area contributed by atoms with Crippen LogP contribution >= 0.6 is 35.3 Å². The maximum atomic E-state index is 13.3. The third kappa shape index (κ3) is 17.9. The number of carbonyl (C=O) groups is 6. The summed E-state index contributed by atoms with van der Waals surface area (Å²) in [7, 11) is 0. The molecule has 3 heterocycles. The number of epoxide rings is 3. The molecular weight excluding hydrogens is 691 g/mol. The number of amides is 5. The van der Waals surface area contributed by atoms with Crippen LogP contribution in [0.3, 0.4) is 0 Å². The van der Waals surface area contributed by atoms with Gasteiger partial charge in [0.15, 0.2) is 0 Å². The molecule has 5 amide bonds. The Morgan fingerprint density at radius 2 is 1.10 bits per heavy atom. The lowest BCUT2D eigenvalue weighted by Crippen LogP contribution is -2.51. The Morgan fingerprint density at radius 1 is 0.708 bits per heavy atom. The van der Waals surface area contributed by atoms with Gasteiger partial charge in [-0.1, -0.05) is 0 Å². The summed E-state index contributed by atoms with van der Waals surface area (Å²) in [5.41, 5.74) is 0. The highest BCUT2D eigenvalue weighted by atomic mass is 32.2. The van der Waals surface area contributed by atoms with Crippen molar-refractivity contribution in [1.29, 1.82) is 0 Å². The highest BCUT2D eigenvalue weighted by Gasteiger charge is 2.29. The molecule has 18 heteroatoms. The molecule has 6 atom stereocenters. The van der Waals surface area contributed by atoms with E-state index in [2.05, 4.69) is 5.32 Å². The zero-order valence-electron chi connectivity index (χ0n) is 27.7. The average molecular weight is 738 g/mol. The fourth-order valence-electron chi connectivity index (χ4n) is 3.71. The predicted molar refractivity (Wildman–Crippen MR) is 180 cm³/mol. The normalized spacial score (nSPS) is 20.8. The number of hydrogen-bond donors (Lipinski definition) is 1. The summed E-state index contributed by atoms with van der Waals surface area (Å²) in [5.74, 6) is 0.646. The molecular formula is C30H47N3O12S3. The minimum atomic E-state index is -1.04. The van der Waals surface area contributed by atoms with Crippen LogP contribution < -0.4 is 5.32 Å². The molecule has 0 aromatic carbocycles. The minimum absolute atomic E-state index is 0.0202. The molecule has 0 spiro atoms. The second kappa shape index (κ2) is 21.8. The smallest absolute Gasteiger partial charge is 0.334 e. The van der Waals surface area contributed by atoms with Crippen LogP contribution in [0.1, 0.15) is 40.0 Å². The molecule has 3 aliphatic rings. The Kier molecular flexibility index (Phi) is 18.2. The van der Waals surface area contributed by atoms with Crippen molar-refractivity contribution in [3.8, 4) is 0 Å². The number of hydrogen-bond acceptors (Lipinski definition) is 15. The van der Waals surface area contributed by atoms with Gasteiger partial charge in [-0.05, 0) is 20.8 Å². The summed E-state index contributed by atoms with van der Waals surface area (Å²) in [6.45, 7) is 7.57. The molecule has 15 nitrogen and oxygen atoms in total. The van der Waals surface area contributed by atoms with Crippen molar-refractivity contribution in [2.24, 2.45) is 0 Å². The van der Waals surface area contributed by atoms with Crippen LogP contribution in [-0.2, 0) is 47.6 Å². The van der Waals surface area contributed by atoms with Gasteiger partial charge in [0.2, 0.25) is 6.41 Å². The molecule has 0 radical (unpaired) electrons. The molecule has 0 aromatic heterocycles. The lowest BCUT2D eigenvalue weighted by molar-refractivity contribution is -0.144. The van der Waals surface area contributed by atoms with E-state index in [-0.39, 0.29) is 92.6 Å². The van der Waals surface area contributed by atoms with Crippen LogP contribution in [0.15, 0.2) is 0 Å². The summed E-state index contributed by atoms with van der Waals surface area (Å²) >= 11 is 4.85. The number of imide groups is 2. The van der Waals surface area contributed by atoms with Crippen molar-refractivity contribution in [1.82, 2.24) is 15.1 Å². The van der Waals surface area contributed by atoms with Gasteiger partial charge in [-0.15, -0.1) is 0 Å². The number of nitrogens with one attached hydrogen (secondary N) is 1. The quantitative estimate of drug-likeness (QED) is 0.0620. The largest absolute Gasteiger partial charge is 0.464 e. The molecule has 48 heavy (non-hydrogen) atoms. The van der Waals surface area contributed by atoms with E-state index in [9.17, 15) is 28.8 Å². The fourth-order valence-corrected chi connectivity index (χ4v) is 6.41. The molecule has 0 aromatic rings. The Hall–Kier alpha value is -2.25. The number of rotatable bonds is 25. The number of esters is 3. The summed E-state index contributed by atoms with van der Waals surface area (Å²) in [6, 6.07) is -1.97. The number of ether oxygens (including phenoxy) is 6. The topological polar surface area (TPSA) is 186 Å². The lowest BCUT2D eigenvalue weighted by atomic mass is 10.3. The van der Waals surface area contributed by atoms with Gasteiger partial charge in [0.1, 0.15) is 19.8 Å². The van der Waals surface area contributed by atoms with Crippen LogP contribution in [0.2, 0.25) is 0 Å². The maximum Gasteiger partial charge on any atom is 0.334 e. The van der Waals surface area contributed by atoms with Gasteiger partial charge in [0.05, 0.1) is 57.4 Å². The molecule has 1 N–H and O–H groups in total. The van der Waals surface area contributed by atoms with Crippen LogP contribution in [0, 0.1) is 0 Å². The monoisotopic (exact) mass is 737 g/mol. The van der Waals surface area contributed by atoms with Crippen molar-refractivity contribution in [3.05, 3.63) is 0 Å². The Bertz CT molecular complexity index is 1080. The number of thioether (sulfide) groups is 3. The maximum absolute atomic E-state index is 13.3. The zero-order valence-corrected chi connectivity index (χ0v) is 30.1. The molecule has 0 aliphatic carbocycles. The molecule has 0 bridgehead atoms. The summed E-state index contributed by atoms with van der Waals surface area (Å²) in [5, 5.41) is 2.60. The van der Waals surface area contributed by atoms with E-state index in [1.165, 1.54) is 0 Å². The first kappa shape index (κ1) is 40.2. The van der Waals surface area contributed by atoms with Gasteiger partial charge in [-0.3, -0.25) is 24.1 Å². The van der Waals surface area contributed by atoms with E-state index >= 15 is 0 Å². The number of carbonyl (C=O) groups excluding carboxylic acids is 6. The summed E-state index contributed by atoms with van der Waals surface area (Å²) < 4.78 is 31.4. The van der Waals surface area contributed by atoms with Crippen LogP contribution in [0.5, 0.6) is 0 Å². The molecule has 3 saturated heterocycles. The van der Waals surface area contributed by atoms with Crippen molar-refractivity contribution in [2.75, 3.05) is 76.5 Å². The van der Waals surface area contributed by atoms with Crippen molar-refractivity contribution < 1.29 is 57.2 Å². The second-order valence-electron chi connectivity index (χ2n) is 11.6. The minimum Gasteiger partial charge on any atom is -0.464 e. The first-order valence-electron chi connectivity index (χ1n) is 16.0. The standard InChI is InChI=1S/C30H47N3O12S3/c1-20(46-16-23-13-40-23)10-43-26(35)4-7-31-29(38)33(9-6-28(37)45-12-22(3)48-18-25-15-42-25)30(39)32(19-34)8-5-27(36)44-11-21(2)47-17-24-14-41-24/h19-25H,4-18H2,1-3H3,(H,31,38). The Labute approximate surface area is 293 Å². The average Bonchev–Trinajstić information content (AvgIpc) is 3.92. The first-order chi connectivity index (χ1) is 23.0. The molecule has 3 fully saturated rings. The lowest BCUT2D eigenvalue weighted by Gasteiger charge is -2.25. The Balaban J connectivity index is 1.45. The van der Waals surface area contributed by atoms with Crippen LogP contribution in [-0.4, -0.2) is 157 Å². The van der Waals surface area contributed by atoms with E-state index < -0.39 is 36.5 Å². The van der Waals surface area contributed by atoms with E-state index in [0.29, 0.717) is 9.80 Å². The van der Waals surface area contributed by atoms with E-state index in [0.717, 1.165) is 37.1 Å². The fraction of sp³-hybridized carbons (Fsp3) is 0.800. The number of nitrogens with zero attached hydrogens (tertiary/aromatic N) is 2. The second-order valence-corrected chi connectivity index (χ2v) is 16.0. The third-order valence-electron chi connectivity index (χ3n) is 6.89. The highest BCUT2D eigenvalue weighted by Crippen LogP contribution is 2.22. The van der Waals surface area contributed by atoms with Gasteiger partial charge in [0, 0.05) is 52.6 Å². The van der Waals surface area contributed by atoms with Gasteiger partial charge >= 0.3 is 30.0 Å². The van der Waals surface area contributed by atoms with Crippen LogP contribution in [0.25, 0.3) is 0 Å². The van der Waals surface area contributed by atoms with Crippen molar-refractivity contribution >= 4 is 71.7 Å². The molecule has 0 saturated carbocycles. The van der Waals surface area contributed by atoms with Crippen molar-refractivity contribution in [3.63, 3.8) is 0 Å². The van der Waals surface area contributed by atoms with Crippen LogP contribution in [0.4, 0.5) is 9.59 Å². The summed E-state index contributed by atoms with van der Waals surface area (Å²) in [4.78, 5) is 76.6. The van der Waals surface area contributed by atoms with Gasteiger partial charge in [-0.25, -0.2) is 14.5 Å². The van der Waals surface area contributed by atoms with Crippen molar-refractivity contribution in [2.45, 2.75) is 74.1 Å². The van der Waals surface area contributed by atoms with Gasteiger partial charge < -0.3 is 33.7 Å². The molecule has 3 rings (SSSR count). The molecule has 3 aliphatic heterocycles. The SMILES string of the molecule is CC(COC(=O)CCNC(=O)N(CCC(=O)OCC(C)SCC1CO1)C(=O)N(C=O)CCC(=O)OCC(C)SCC1CO1)SCC1CO1. The van der Waals surface area contributed by atoms with Gasteiger partial charge in [-0.2, -0.15) is 35.3 Å². The predicted octanol–water partition coefficient (Wildman–Crippen LogP) is 1.94. The third-order valence-corrected chi connectivity index (χ3v) is 10.7. The van der Waals surface area contributed by atoms with Gasteiger partial charge in [0.25, 0.3) is 0 Å². The molecule has 6 unspecified atom stereocenters. The van der Waals surface area contributed by atoms with E-state index in [1.54, 1.807) is 35.3 Å².